The molecule has 3 heterocycles. The summed E-state index contributed by atoms with van der Waals surface area (Å²) >= 11 is 0. The van der Waals surface area contributed by atoms with Crippen LogP contribution in [0.1, 0.15) is 18.5 Å². The minimum atomic E-state index is -0.545. The molecular weight excluding hydrogens is 344 g/mol. The van der Waals surface area contributed by atoms with Gasteiger partial charge in [-0.1, -0.05) is 12.1 Å². The summed E-state index contributed by atoms with van der Waals surface area (Å²) in [6, 6.07) is 9.63. The number of fused-ring (bicyclic) bond motifs is 1. The van der Waals surface area contributed by atoms with Gasteiger partial charge in [0.1, 0.15) is 11.2 Å². The molecule has 1 saturated heterocycles. The maximum atomic E-state index is 12.7. The number of hydrogen-bond acceptors (Lipinski definition) is 6. The van der Waals surface area contributed by atoms with Crippen LogP contribution in [0.15, 0.2) is 36.5 Å². The first-order valence-electron chi connectivity index (χ1n) is 9.12. The molecule has 0 aliphatic carbocycles. The molecule has 2 aliphatic heterocycles. The van der Waals surface area contributed by atoms with Crippen molar-refractivity contribution in [2.45, 2.75) is 24.9 Å². The quantitative estimate of drug-likeness (QED) is 0.864. The van der Waals surface area contributed by atoms with Gasteiger partial charge in [0.25, 0.3) is 0 Å². The average Bonchev–Trinajstić information content (AvgIpc) is 2.70. The minimum Gasteiger partial charge on any atom is -0.493 e. The monoisotopic (exact) mass is 368 g/mol. The molecule has 2 aliphatic rings. The van der Waals surface area contributed by atoms with Crippen LogP contribution in [0.4, 0.5) is 11.4 Å². The Hall–Kier alpha value is -2.80. The fourth-order valence-electron chi connectivity index (χ4n) is 3.88. The highest BCUT2D eigenvalue weighted by molar-refractivity contribution is 6.06. The van der Waals surface area contributed by atoms with Crippen LogP contribution in [-0.4, -0.2) is 48.6 Å². The highest BCUT2D eigenvalue weighted by Gasteiger charge is 2.44. The van der Waals surface area contributed by atoms with Gasteiger partial charge in [0.05, 0.1) is 25.6 Å². The molecular formula is C20H24N4O3. The SMILES string of the molecule is COc1ccnc(CN2CCC3(CC2)Nc2ccccc2NC3=O)c1OC. The number of hydrogen-bond donors (Lipinski definition) is 2. The third-order valence-corrected chi connectivity index (χ3v) is 5.43. The molecule has 0 unspecified atom stereocenters. The summed E-state index contributed by atoms with van der Waals surface area (Å²) in [6.45, 7) is 2.25. The Morgan fingerprint density at radius 2 is 1.85 bits per heavy atom. The van der Waals surface area contributed by atoms with Gasteiger partial charge in [-0.2, -0.15) is 0 Å². The van der Waals surface area contributed by atoms with Crippen molar-refractivity contribution in [3.05, 3.63) is 42.2 Å². The van der Waals surface area contributed by atoms with Crippen molar-refractivity contribution >= 4 is 17.3 Å². The van der Waals surface area contributed by atoms with Crippen LogP contribution in [0.3, 0.4) is 0 Å². The van der Waals surface area contributed by atoms with Gasteiger partial charge in [-0.3, -0.25) is 14.7 Å². The predicted octanol–water partition coefficient (Wildman–Crippen LogP) is 2.50. The van der Waals surface area contributed by atoms with E-state index in [0.717, 1.165) is 43.0 Å². The van der Waals surface area contributed by atoms with Gasteiger partial charge in [-0.05, 0) is 25.0 Å². The fourth-order valence-corrected chi connectivity index (χ4v) is 3.88. The zero-order chi connectivity index (χ0) is 18.9. The van der Waals surface area contributed by atoms with Crippen LogP contribution in [0, 0.1) is 0 Å². The van der Waals surface area contributed by atoms with E-state index in [2.05, 4.69) is 20.5 Å². The molecule has 0 bridgehead atoms. The van der Waals surface area contributed by atoms with Gasteiger partial charge in [-0.25, -0.2) is 0 Å². The number of benzene rings is 1. The van der Waals surface area contributed by atoms with Gasteiger partial charge in [-0.15, -0.1) is 0 Å². The van der Waals surface area contributed by atoms with E-state index in [0.29, 0.717) is 18.0 Å². The molecule has 142 valence electrons. The number of methoxy groups -OCH3 is 2. The standard InChI is InChI=1S/C20H24N4O3/c1-26-17-7-10-21-16(18(17)27-2)13-24-11-8-20(9-12-24)19(25)22-14-5-3-4-6-15(14)23-20/h3-7,10,23H,8-9,11-13H2,1-2H3,(H,22,25). The predicted molar refractivity (Wildman–Crippen MR) is 103 cm³/mol. The van der Waals surface area contributed by atoms with Crippen LogP contribution >= 0.6 is 0 Å². The van der Waals surface area contributed by atoms with E-state index in [9.17, 15) is 4.79 Å². The van der Waals surface area contributed by atoms with Gasteiger partial charge >= 0.3 is 0 Å². The number of aromatic nitrogens is 1. The molecule has 7 nitrogen and oxygen atoms in total. The Morgan fingerprint density at radius 3 is 2.56 bits per heavy atom. The number of carbonyl (C=O) groups is 1. The Labute approximate surface area is 158 Å². The van der Waals surface area contributed by atoms with Crippen LogP contribution in [-0.2, 0) is 11.3 Å². The molecule has 1 amide bonds. The number of para-hydroxylation sites is 2. The summed E-state index contributed by atoms with van der Waals surface area (Å²) in [5, 5.41) is 6.54. The molecule has 2 N–H and O–H groups in total. The molecule has 0 saturated carbocycles. The Kier molecular flexibility index (Phi) is 4.61. The Bertz CT molecular complexity index is 847. The van der Waals surface area contributed by atoms with Crippen molar-refractivity contribution in [2.75, 3.05) is 37.9 Å². The second-order valence-corrected chi connectivity index (χ2v) is 6.98. The van der Waals surface area contributed by atoms with Crippen molar-refractivity contribution < 1.29 is 14.3 Å². The minimum absolute atomic E-state index is 0.0536. The van der Waals surface area contributed by atoms with Crippen LogP contribution in [0.2, 0.25) is 0 Å². The number of likely N-dealkylation sites (tertiary alicyclic amines) is 1. The second-order valence-electron chi connectivity index (χ2n) is 6.98. The van der Waals surface area contributed by atoms with E-state index in [1.807, 2.05) is 24.3 Å². The van der Waals surface area contributed by atoms with Crippen molar-refractivity contribution in [1.82, 2.24) is 9.88 Å². The van der Waals surface area contributed by atoms with E-state index in [-0.39, 0.29) is 5.91 Å². The summed E-state index contributed by atoms with van der Waals surface area (Å²) in [7, 11) is 3.25. The lowest BCUT2D eigenvalue weighted by Gasteiger charge is -2.44. The van der Waals surface area contributed by atoms with Crippen LogP contribution < -0.4 is 20.1 Å². The first-order chi connectivity index (χ1) is 13.1. The van der Waals surface area contributed by atoms with Gasteiger partial charge in [0, 0.05) is 31.9 Å². The number of rotatable bonds is 4. The van der Waals surface area contributed by atoms with E-state index >= 15 is 0 Å². The van der Waals surface area contributed by atoms with Crippen molar-refractivity contribution in [2.24, 2.45) is 0 Å². The topological polar surface area (TPSA) is 75.7 Å². The highest BCUT2D eigenvalue weighted by Crippen LogP contribution is 2.37. The van der Waals surface area contributed by atoms with Gasteiger partial charge in [0.2, 0.25) is 5.91 Å². The zero-order valence-electron chi connectivity index (χ0n) is 15.6. The number of nitrogens with zero attached hydrogens (tertiary/aromatic N) is 2. The highest BCUT2D eigenvalue weighted by atomic mass is 16.5. The number of ether oxygens (including phenoxy) is 2. The lowest BCUT2D eigenvalue weighted by molar-refractivity contribution is -0.122. The third kappa shape index (κ3) is 3.19. The first-order valence-corrected chi connectivity index (χ1v) is 9.12. The number of pyridine rings is 1. The van der Waals surface area contributed by atoms with Crippen molar-refractivity contribution in [1.29, 1.82) is 0 Å². The second kappa shape index (κ2) is 7.08. The zero-order valence-corrected chi connectivity index (χ0v) is 15.6. The lowest BCUT2D eigenvalue weighted by atomic mass is 9.84. The van der Waals surface area contributed by atoms with Crippen LogP contribution in [0.25, 0.3) is 0 Å². The number of carbonyl (C=O) groups excluding carboxylic acids is 1. The summed E-state index contributed by atoms with van der Waals surface area (Å²) in [5.74, 6) is 1.40. The maximum Gasteiger partial charge on any atom is 0.250 e. The largest absolute Gasteiger partial charge is 0.493 e. The van der Waals surface area contributed by atoms with E-state index in [4.69, 9.17) is 9.47 Å². The number of nitrogens with one attached hydrogen (secondary N) is 2. The summed E-state index contributed by atoms with van der Waals surface area (Å²) in [6.07, 6.45) is 3.20. The Balaban J connectivity index is 1.46. The van der Waals surface area contributed by atoms with E-state index in [1.165, 1.54) is 0 Å². The molecule has 1 fully saturated rings. The molecule has 0 radical (unpaired) electrons. The average molecular weight is 368 g/mol. The molecule has 4 rings (SSSR count). The third-order valence-electron chi connectivity index (χ3n) is 5.43. The van der Waals surface area contributed by atoms with E-state index < -0.39 is 5.54 Å². The number of piperidine rings is 1. The van der Waals surface area contributed by atoms with Crippen LogP contribution in [0.5, 0.6) is 11.5 Å². The number of amides is 1. The fraction of sp³-hybridized carbons (Fsp3) is 0.400. The molecule has 1 spiro atoms. The molecule has 1 aromatic heterocycles. The summed E-state index contributed by atoms with van der Waals surface area (Å²) in [4.78, 5) is 19.5. The molecule has 27 heavy (non-hydrogen) atoms. The van der Waals surface area contributed by atoms with Gasteiger partial charge in [0.15, 0.2) is 11.5 Å². The molecule has 0 atom stereocenters. The molecule has 1 aromatic carbocycles. The first kappa shape index (κ1) is 17.6. The molecule has 2 aromatic rings. The smallest absolute Gasteiger partial charge is 0.250 e. The Morgan fingerprint density at radius 1 is 1.11 bits per heavy atom. The summed E-state index contributed by atoms with van der Waals surface area (Å²) < 4.78 is 10.8. The molecule has 7 heteroatoms. The van der Waals surface area contributed by atoms with E-state index in [1.54, 1.807) is 26.5 Å². The summed E-state index contributed by atoms with van der Waals surface area (Å²) in [5.41, 5.74) is 2.14. The number of anilines is 2. The van der Waals surface area contributed by atoms with Crippen molar-refractivity contribution in [3.8, 4) is 11.5 Å². The maximum absolute atomic E-state index is 12.7. The lowest BCUT2D eigenvalue weighted by Crippen LogP contribution is -2.58. The van der Waals surface area contributed by atoms with Crippen molar-refractivity contribution in [3.63, 3.8) is 0 Å². The van der Waals surface area contributed by atoms with Gasteiger partial charge < -0.3 is 20.1 Å². The normalized spacial score (nSPS) is 18.4.